The van der Waals surface area contributed by atoms with Gasteiger partial charge in [-0.05, 0) is 30.0 Å². The van der Waals surface area contributed by atoms with Crippen molar-refractivity contribution in [2.75, 3.05) is 32.7 Å². The van der Waals surface area contributed by atoms with Crippen LogP contribution >= 0.6 is 0 Å². The van der Waals surface area contributed by atoms with Gasteiger partial charge in [0.2, 0.25) is 5.91 Å². The molecule has 130 valence electrons. The lowest BCUT2D eigenvalue weighted by Gasteiger charge is -2.35. The molecule has 0 saturated carbocycles. The SMILES string of the molecule is CCN1CCN(C(=O)C[C@H](c2c[nH]c3ccccc23)C(C)C)CC1. The molecular formula is C20H29N3O. The molecule has 0 radical (unpaired) electrons. The summed E-state index contributed by atoms with van der Waals surface area (Å²) in [5.41, 5.74) is 2.43. The van der Waals surface area contributed by atoms with Crippen molar-refractivity contribution >= 4 is 16.8 Å². The molecule has 0 spiro atoms. The number of nitrogens with one attached hydrogen (secondary N) is 1. The first-order chi connectivity index (χ1) is 11.6. The summed E-state index contributed by atoms with van der Waals surface area (Å²) in [6, 6.07) is 8.37. The second kappa shape index (κ2) is 7.39. The van der Waals surface area contributed by atoms with E-state index in [2.05, 4.69) is 60.0 Å². The number of aromatic amines is 1. The van der Waals surface area contributed by atoms with Gasteiger partial charge in [-0.15, -0.1) is 0 Å². The molecule has 1 aromatic heterocycles. The van der Waals surface area contributed by atoms with Crippen molar-refractivity contribution in [2.24, 2.45) is 5.92 Å². The van der Waals surface area contributed by atoms with Crippen LogP contribution in [0.25, 0.3) is 10.9 Å². The second-order valence-corrected chi connectivity index (χ2v) is 7.16. The number of benzene rings is 1. The van der Waals surface area contributed by atoms with E-state index in [0.29, 0.717) is 18.2 Å². The Morgan fingerprint density at radius 1 is 1.17 bits per heavy atom. The summed E-state index contributed by atoms with van der Waals surface area (Å²) in [6.07, 6.45) is 2.70. The van der Waals surface area contributed by atoms with Gasteiger partial charge in [-0.3, -0.25) is 4.79 Å². The molecule has 1 aromatic carbocycles. The highest BCUT2D eigenvalue weighted by Crippen LogP contribution is 2.33. The third-order valence-corrected chi connectivity index (χ3v) is 5.39. The quantitative estimate of drug-likeness (QED) is 0.913. The topological polar surface area (TPSA) is 39.3 Å². The predicted octanol–water partition coefficient (Wildman–Crippen LogP) is 3.46. The third-order valence-electron chi connectivity index (χ3n) is 5.39. The summed E-state index contributed by atoms with van der Waals surface area (Å²) in [5, 5.41) is 1.25. The van der Waals surface area contributed by atoms with Crippen LogP contribution < -0.4 is 0 Å². The number of piperazine rings is 1. The van der Waals surface area contributed by atoms with Gasteiger partial charge in [-0.25, -0.2) is 0 Å². The molecule has 1 aliphatic heterocycles. The van der Waals surface area contributed by atoms with Crippen molar-refractivity contribution in [3.8, 4) is 0 Å². The Balaban J connectivity index is 1.74. The molecule has 24 heavy (non-hydrogen) atoms. The van der Waals surface area contributed by atoms with E-state index >= 15 is 0 Å². The summed E-state index contributed by atoms with van der Waals surface area (Å²) >= 11 is 0. The predicted molar refractivity (Wildman–Crippen MR) is 99.2 cm³/mol. The van der Waals surface area contributed by atoms with E-state index in [1.165, 1.54) is 10.9 Å². The minimum absolute atomic E-state index is 0.262. The van der Waals surface area contributed by atoms with Crippen LogP contribution in [0.1, 0.15) is 38.7 Å². The van der Waals surface area contributed by atoms with E-state index in [1.54, 1.807) is 0 Å². The van der Waals surface area contributed by atoms with Gasteiger partial charge in [0, 0.05) is 49.7 Å². The van der Waals surface area contributed by atoms with E-state index in [4.69, 9.17) is 0 Å². The Morgan fingerprint density at radius 2 is 1.88 bits per heavy atom. The molecular weight excluding hydrogens is 298 g/mol. The molecule has 4 heteroatoms. The summed E-state index contributed by atoms with van der Waals surface area (Å²) < 4.78 is 0. The van der Waals surface area contributed by atoms with Gasteiger partial charge in [0.15, 0.2) is 0 Å². The zero-order chi connectivity index (χ0) is 17.1. The lowest BCUT2D eigenvalue weighted by Crippen LogP contribution is -2.48. The van der Waals surface area contributed by atoms with Gasteiger partial charge in [0.05, 0.1) is 0 Å². The first-order valence-corrected chi connectivity index (χ1v) is 9.16. The van der Waals surface area contributed by atoms with Crippen LogP contribution in [0.2, 0.25) is 0 Å². The summed E-state index contributed by atoms with van der Waals surface area (Å²) in [5.74, 6) is 0.998. The van der Waals surface area contributed by atoms with Crippen LogP contribution in [-0.4, -0.2) is 53.4 Å². The number of H-pyrrole nitrogens is 1. The number of carbonyl (C=O) groups excluding carboxylic acids is 1. The van der Waals surface area contributed by atoms with Crippen LogP contribution in [0, 0.1) is 5.92 Å². The van der Waals surface area contributed by atoms with E-state index in [9.17, 15) is 4.79 Å². The van der Waals surface area contributed by atoms with Gasteiger partial charge >= 0.3 is 0 Å². The lowest BCUT2D eigenvalue weighted by atomic mass is 9.85. The van der Waals surface area contributed by atoms with Crippen molar-refractivity contribution < 1.29 is 4.79 Å². The number of rotatable bonds is 5. The molecule has 1 amide bonds. The van der Waals surface area contributed by atoms with Crippen LogP contribution in [0.4, 0.5) is 0 Å². The smallest absolute Gasteiger partial charge is 0.223 e. The fourth-order valence-corrected chi connectivity index (χ4v) is 3.74. The minimum Gasteiger partial charge on any atom is -0.361 e. The largest absolute Gasteiger partial charge is 0.361 e. The summed E-state index contributed by atoms with van der Waals surface area (Å²) in [6.45, 7) is 11.4. The normalized spacial score (nSPS) is 17.6. The Kier molecular flexibility index (Phi) is 5.24. The monoisotopic (exact) mass is 327 g/mol. The zero-order valence-corrected chi connectivity index (χ0v) is 15.1. The number of hydrogen-bond donors (Lipinski definition) is 1. The zero-order valence-electron chi connectivity index (χ0n) is 15.1. The Morgan fingerprint density at radius 3 is 2.54 bits per heavy atom. The summed E-state index contributed by atoms with van der Waals surface area (Å²) in [7, 11) is 0. The lowest BCUT2D eigenvalue weighted by molar-refractivity contribution is -0.133. The summed E-state index contributed by atoms with van der Waals surface area (Å²) in [4.78, 5) is 20.7. The highest BCUT2D eigenvalue weighted by atomic mass is 16.2. The number of amides is 1. The average molecular weight is 327 g/mol. The molecule has 1 atom stereocenters. The maximum Gasteiger partial charge on any atom is 0.223 e. The van der Waals surface area contributed by atoms with Crippen molar-refractivity contribution in [3.05, 3.63) is 36.0 Å². The van der Waals surface area contributed by atoms with Crippen LogP contribution in [0.15, 0.2) is 30.5 Å². The Labute approximate surface area is 144 Å². The standard InChI is InChI=1S/C20H29N3O/c1-4-22-9-11-23(12-10-22)20(24)13-17(15(2)3)18-14-21-19-8-6-5-7-16(18)19/h5-8,14-15,17,21H,4,9-13H2,1-3H3/t17-/m0/s1. The van der Waals surface area contributed by atoms with Crippen molar-refractivity contribution in [3.63, 3.8) is 0 Å². The number of hydrogen-bond acceptors (Lipinski definition) is 2. The van der Waals surface area contributed by atoms with Crippen LogP contribution in [0.3, 0.4) is 0 Å². The average Bonchev–Trinajstić information content (AvgIpc) is 3.03. The highest BCUT2D eigenvalue weighted by Gasteiger charge is 2.26. The first-order valence-electron chi connectivity index (χ1n) is 9.16. The maximum absolute atomic E-state index is 12.8. The van der Waals surface area contributed by atoms with Crippen molar-refractivity contribution in [2.45, 2.75) is 33.1 Å². The number of aromatic nitrogens is 1. The van der Waals surface area contributed by atoms with Crippen molar-refractivity contribution in [1.82, 2.24) is 14.8 Å². The molecule has 1 aliphatic rings. The Bertz CT molecular complexity index is 683. The molecule has 3 rings (SSSR count). The molecule has 1 N–H and O–H groups in total. The molecule has 0 unspecified atom stereocenters. The number of para-hydroxylation sites is 1. The minimum atomic E-state index is 0.262. The Hall–Kier alpha value is -1.81. The number of carbonyl (C=O) groups is 1. The second-order valence-electron chi connectivity index (χ2n) is 7.16. The molecule has 0 bridgehead atoms. The number of likely N-dealkylation sites (N-methyl/N-ethyl adjacent to an activating group) is 1. The van der Waals surface area contributed by atoms with E-state index in [1.807, 2.05) is 6.07 Å². The third kappa shape index (κ3) is 3.48. The fraction of sp³-hybridized carbons (Fsp3) is 0.550. The van der Waals surface area contributed by atoms with Gasteiger partial charge in [0.25, 0.3) is 0 Å². The van der Waals surface area contributed by atoms with Gasteiger partial charge < -0.3 is 14.8 Å². The van der Waals surface area contributed by atoms with Gasteiger partial charge in [-0.2, -0.15) is 0 Å². The molecule has 1 fully saturated rings. The molecule has 0 aliphatic carbocycles. The molecule has 2 aromatic rings. The number of fused-ring (bicyclic) bond motifs is 1. The molecule has 4 nitrogen and oxygen atoms in total. The molecule has 1 saturated heterocycles. The molecule has 2 heterocycles. The van der Waals surface area contributed by atoms with E-state index in [-0.39, 0.29) is 5.92 Å². The first kappa shape index (κ1) is 17.0. The van der Waals surface area contributed by atoms with Crippen molar-refractivity contribution in [1.29, 1.82) is 0 Å². The van der Waals surface area contributed by atoms with Crippen LogP contribution in [0.5, 0.6) is 0 Å². The number of nitrogens with zero attached hydrogens (tertiary/aromatic N) is 2. The highest BCUT2D eigenvalue weighted by molar-refractivity contribution is 5.85. The van der Waals surface area contributed by atoms with E-state index in [0.717, 1.165) is 38.2 Å². The van der Waals surface area contributed by atoms with Gasteiger partial charge in [-0.1, -0.05) is 39.0 Å². The maximum atomic E-state index is 12.8. The van der Waals surface area contributed by atoms with Gasteiger partial charge in [0.1, 0.15) is 0 Å². The fourth-order valence-electron chi connectivity index (χ4n) is 3.74. The van der Waals surface area contributed by atoms with Crippen LogP contribution in [-0.2, 0) is 4.79 Å². The van der Waals surface area contributed by atoms with E-state index < -0.39 is 0 Å².